The highest BCUT2D eigenvalue weighted by molar-refractivity contribution is 7.99. The highest BCUT2D eigenvalue weighted by Gasteiger charge is 2.22. The van der Waals surface area contributed by atoms with Crippen LogP contribution in [0.5, 0.6) is 0 Å². The third-order valence-electron chi connectivity index (χ3n) is 4.60. The molecule has 1 aromatic rings. The maximum absolute atomic E-state index is 6.31. The van der Waals surface area contributed by atoms with Crippen molar-refractivity contribution >= 4 is 11.8 Å². The molecule has 136 valence electrons. The van der Waals surface area contributed by atoms with Gasteiger partial charge >= 0.3 is 0 Å². The zero-order chi connectivity index (χ0) is 17.2. The maximum atomic E-state index is 6.31. The number of rotatable bonds is 10. The van der Waals surface area contributed by atoms with Crippen molar-refractivity contribution in [1.82, 2.24) is 9.80 Å². The van der Waals surface area contributed by atoms with Crippen LogP contribution in [0.3, 0.4) is 0 Å². The van der Waals surface area contributed by atoms with Crippen molar-refractivity contribution in [3.05, 3.63) is 30.3 Å². The van der Waals surface area contributed by atoms with Gasteiger partial charge in [-0.05, 0) is 38.2 Å². The number of hydrogen-bond donors (Lipinski definition) is 1. The van der Waals surface area contributed by atoms with E-state index in [4.69, 9.17) is 10.5 Å². The molecule has 2 N–H and O–H groups in total. The fourth-order valence-electron chi connectivity index (χ4n) is 3.02. The van der Waals surface area contributed by atoms with Gasteiger partial charge in [0.15, 0.2) is 0 Å². The number of thioether (sulfide) groups is 1. The normalized spacial score (nSPS) is 20.4. The number of ether oxygens (including phenoxy) is 1. The molecule has 0 aliphatic carbocycles. The van der Waals surface area contributed by atoms with Gasteiger partial charge in [-0.2, -0.15) is 0 Å². The summed E-state index contributed by atoms with van der Waals surface area (Å²) in [6, 6.07) is 10.8. The molecule has 2 rings (SSSR count). The second kappa shape index (κ2) is 11.1. The zero-order valence-corrected chi connectivity index (χ0v) is 16.0. The monoisotopic (exact) mass is 351 g/mol. The molecule has 0 spiro atoms. The second-order valence-corrected chi connectivity index (χ2v) is 7.55. The summed E-state index contributed by atoms with van der Waals surface area (Å²) in [5, 5.41) is 0. The van der Waals surface area contributed by atoms with Crippen molar-refractivity contribution in [3.63, 3.8) is 0 Å². The van der Waals surface area contributed by atoms with Crippen LogP contribution < -0.4 is 5.73 Å². The summed E-state index contributed by atoms with van der Waals surface area (Å²) in [6.45, 7) is 11.7. The summed E-state index contributed by atoms with van der Waals surface area (Å²) in [5.74, 6) is 0.983. The second-order valence-electron chi connectivity index (χ2n) is 6.45. The molecule has 0 amide bonds. The van der Waals surface area contributed by atoms with Crippen LogP contribution in [0.4, 0.5) is 0 Å². The lowest BCUT2D eigenvalue weighted by molar-refractivity contribution is -0.0426. The molecular weight excluding hydrogens is 318 g/mol. The van der Waals surface area contributed by atoms with Gasteiger partial charge in [-0.1, -0.05) is 32.0 Å². The van der Waals surface area contributed by atoms with E-state index in [1.807, 2.05) is 11.8 Å². The van der Waals surface area contributed by atoms with E-state index in [2.05, 4.69) is 54.0 Å². The molecule has 1 aromatic carbocycles. The van der Waals surface area contributed by atoms with Crippen molar-refractivity contribution in [2.24, 2.45) is 5.73 Å². The van der Waals surface area contributed by atoms with Crippen LogP contribution >= 0.6 is 11.8 Å². The first-order valence-electron chi connectivity index (χ1n) is 9.21. The summed E-state index contributed by atoms with van der Waals surface area (Å²) in [7, 11) is 0. The number of nitrogens with two attached hydrogens (primary N) is 1. The predicted molar refractivity (Wildman–Crippen MR) is 104 cm³/mol. The number of nitrogens with zero attached hydrogens (tertiary/aromatic N) is 2. The first kappa shape index (κ1) is 19.7. The molecule has 1 saturated heterocycles. The first-order valence-corrected chi connectivity index (χ1v) is 10.2. The lowest BCUT2D eigenvalue weighted by Gasteiger charge is -2.35. The minimum absolute atomic E-state index is 0.249. The van der Waals surface area contributed by atoms with Crippen molar-refractivity contribution in [1.29, 1.82) is 0 Å². The Bertz CT molecular complexity index is 441. The Morgan fingerprint density at radius 3 is 2.75 bits per heavy atom. The lowest BCUT2D eigenvalue weighted by Crippen LogP contribution is -2.48. The SMILES string of the molecule is CCN(CC)C[C@@H]1CN(CC[C@@H](N)CSc2ccccc2)CCO1. The summed E-state index contributed by atoms with van der Waals surface area (Å²) in [6.07, 6.45) is 1.39. The Kier molecular flexibility index (Phi) is 9.13. The summed E-state index contributed by atoms with van der Waals surface area (Å²) < 4.78 is 5.94. The van der Waals surface area contributed by atoms with E-state index in [-0.39, 0.29) is 6.04 Å². The highest BCUT2D eigenvalue weighted by Crippen LogP contribution is 2.18. The Morgan fingerprint density at radius 1 is 1.29 bits per heavy atom. The largest absolute Gasteiger partial charge is 0.374 e. The van der Waals surface area contributed by atoms with Crippen LogP contribution in [-0.4, -0.2) is 73.6 Å². The molecule has 4 nitrogen and oxygen atoms in total. The van der Waals surface area contributed by atoms with Gasteiger partial charge < -0.3 is 15.4 Å². The minimum atomic E-state index is 0.249. The zero-order valence-electron chi connectivity index (χ0n) is 15.2. The molecule has 0 unspecified atom stereocenters. The summed E-state index contributed by atoms with van der Waals surface area (Å²) >= 11 is 1.86. The molecule has 2 atom stereocenters. The molecular formula is C19H33N3OS. The third kappa shape index (κ3) is 7.11. The smallest absolute Gasteiger partial charge is 0.0829 e. The molecule has 1 aliphatic heterocycles. The van der Waals surface area contributed by atoms with Gasteiger partial charge in [0.2, 0.25) is 0 Å². The van der Waals surface area contributed by atoms with Crippen LogP contribution in [0.2, 0.25) is 0 Å². The van der Waals surface area contributed by atoms with Crippen molar-refractivity contribution < 1.29 is 4.74 Å². The number of benzene rings is 1. The van der Waals surface area contributed by atoms with E-state index in [9.17, 15) is 0 Å². The fraction of sp³-hybridized carbons (Fsp3) is 0.684. The van der Waals surface area contributed by atoms with E-state index < -0.39 is 0 Å². The fourth-order valence-corrected chi connectivity index (χ4v) is 3.94. The van der Waals surface area contributed by atoms with E-state index in [0.29, 0.717) is 6.10 Å². The molecule has 0 aromatic heterocycles. The van der Waals surface area contributed by atoms with Crippen molar-refractivity contribution in [2.45, 2.75) is 37.3 Å². The molecule has 0 radical (unpaired) electrons. The third-order valence-corrected chi connectivity index (χ3v) is 5.80. The van der Waals surface area contributed by atoms with Gasteiger partial charge in [-0.15, -0.1) is 11.8 Å². The Labute approximate surface area is 151 Å². The number of likely N-dealkylation sites (N-methyl/N-ethyl adjacent to an activating group) is 1. The van der Waals surface area contributed by atoms with E-state index in [1.165, 1.54) is 4.90 Å². The summed E-state index contributed by atoms with van der Waals surface area (Å²) in [4.78, 5) is 6.26. The minimum Gasteiger partial charge on any atom is -0.374 e. The number of hydrogen-bond acceptors (Lipinski definition) is 5. The average Bonchev–Trinajstić information content (AvgIpc) is 2.64. The van der Waals surface area contributed by atoms with Crippen LogP contribution in [0.25, 0.3) is 0 Å². The molecule has 0 bridgehead atoms. The Morgan fingerprint density at radius 2 is 2.04 bits per heavy atom. The Hall–Kier alpha value is -0.590. The van der Waals surface area contributed by atoms with Gasteiger partial charge in [0.25, 0.3) is 0 Å². The van der Waals surface area contributed by atoms with E-state index in [0.717, 1.165) is 58.0 Å². The van der Waals surface area contributed by atoms with E-state index in [1.54, 1.807) is 0 Å². The van der Waals surface area contributed by atoms with Crippen LogP contribution in [0, 0.1) is 0 Å². The van der Waals surface area contributed by atoms with Crippen LogP contribution in [-0.2, 0) is 4.74 Å². The van der Waals surface area contributed by atoms with Gasteiger partial charge in [0, 0.05) is 36.3 Å². The molecule has 5 heteroatoms. The standard InChI is InChI=1S/C19H33N3OS/c1-3-21(4-2)14-18-15-22(12-13-23-18)11-10-17(20)16-24-19-8-6-5-7-9-19/h5-9,17-18H,3-4,10-16,20H2,1-2H3/t17-,18-/m1/s1. The van der Waals surface area contributed by atoms with E-state index >= 15 is 0 Å². The predicted octanol–water partition coefficient (Wildman–Crippen LogP) is 2.54. The molecule has 1 aliphatic rings. The van der Waals surface area contributed by atoms with Gasteiger partial charge in [-0.3, -0.25) is 4.90 Å². The molecule has 24 heavy (non-hydrogen) atoms. The number of morpholine rings is 1. The molecule has 1 fully saturated rings. The summed E-state index contributed by atoms with van der Waals surface area (Å²) in [5.41, 5.74) is 6.31. The molecule has 0 saturated carbocycles. The first-order chi connectivity index (χ1) is 11.7. The lowest BCUT2D eigenvalue weighted by atomic mass is 10.2. The molecule has 1 heterocycles. The quantitative estimate of drug-likeness (QED) is 0.656. The van der Waals surface area contributed by atoms with Gasteiger partial charge in [-0.25, -0.2) is 0 Å². The van der Waals surface area contributed by atoms with Gasteiger partial charge in [0.1, 0.15) is 0 Å². The van der Waals surface area contributed by atoms with Gasteiger partial charge in [0.05, 0.1) is 12.7 Å². The van der Waals surface area contributed by atoms with Crippen LogP contribution in [0.1, 0.15) is 20.3 Å². The maximum Gasteiger partial charge on any atom is 0.0829 e. The highest BCUT2D eigenvalue weighted by atomic mass is 32.2. The van der Waals surface area contributed by atoms with Crippen LogP contribution in [0.15, 0.2) is 35.2 Å². The van der Waals surface area contributed by atoms with Crippen molar-refractivity contribution in [2.75, 3.05) is 51.6 Å². The average molecular weight is 352 g/mol. The topological polar surface area (TPSA) is 41.7 Å². The van der Waals surface area contributed by atoms with Crippen molar-refractivity contribution in [3.8, 4) is 0 Å². The Balaban J connectivity index is 1.65.